The summed E-state index contributed by atoms with van der Waals surface area (Å²) in [6.07, 6.45) is 72.7. The minimum absolute atomic E-state index is 0.145. The van der Waals surface area contributed by atoms with Gasteiger partial charge in [0.1, 0.15) is 34.0 Å². The number of fused-ring (bicyclic) bond motifs is 9. The molecular weight excluding hydrogens is 1750 g/mol. The Morgan fingerprint density at radius 2 is 0.517 bits per heavy atom. The zero-order chi connectivity index (χ0) is 102. The fourth-order valence-corrected chi connectivity index (χ4v) is 21.0. The Hall–Kier alpha value is -8.56. The molecular formula is C129H200N14. The lowest BCUT2D eigenvalue weighted by atomic mass is 9.89. The van der Waals surface area contributed by atoms with Crippen LogP contribution < -0.4 is 16.8 Å². The second kappa shape index (κ2) is 64.5. The fraction of sp³-hybridized carbons (Fsp3) is 0.628. The van der Waals surface area contributed by atoms with Crippen LogP contribution in [-0.4, -0.2) is 84.1 Å². The summed E-state index contributed by atoms with van der Waals surface area (Å²) in [5.74, 6) is 4.43. The maximum absolute atomic E-state index is 6.44. The average molecular weight is 1950 g/mol. The molecule has 6 aromatic heterocycles. The predicted octanol–water partition coefficient (Wildman–Crippen LogP) is 36.2. The fourth-order valence-electron chi connectivity index (χ4n) is 21.0. The minimum Gasteiger partial charge on any atom is -0.382 e. The van der Waals surface area contributed by atoms with Crippen LogP contribution in [0.2, 0.25) is 0 Å². The van der Waals surface area contributed by atoms with Crippen LogP contribution in [0.15, 0.2) is 146 Å². The van der Waals surface area contributed by atoms with Crippen LogP contribution in [0, 0.1) is 5.41 Å². The number of hydrogen-bond donors (Lipinski definition) is 3. The van der Waals surface area contributed by atoms with Gasteiger partial charge in [-0.3, -0.25) is 14.8 Å². The van der Waals surface area contributed by atoms with Crippen molar-refractivity contribution < 1.29 is 0 Å². The number of rotatable bonds is 69. The Bertz CT molecular complexity index is 5480. The van der Waals surface area contributed by atoms with Crippen molar-refractivity contribution in [2.45, 2.75) is 501 Å². The Morgan fingerprint density at radius 3 is 0.811 bits per heavy atom. The van der Waals surface area contributed by atoms with Crippen molar-refractivity contribution in [2.24, 2.45) is 5.41 Å². The van der Waals surface area contributed by atoms with Gasteiger partial charge in [-0.1, -0.05) is 472 Å². The summed E-state index contributed by atoms with van der Waals surface area (Å²) in [5.41, 5.74) is 31.6. The highest BCUT2D eigenvalue weighted by atomic mass is 15.2. The second-order valence-electron chi connectivity index (χ2n) is 45.9. The Kier molecular flexibility index (Phi) is 52.5. The highest BCUT2D eigenvalue weighted by molar-refractivity contribution is 6.08. The largest absolute Gasteiger partial charge is 0.382 e. The summed E-state index contributed by atoms with van der Waals surface area (Å²) in [6, 6.07) is 53.0. The SMILES string of the molecule is CCCCCCCCCCCCCCCCCN(Cc1ccc(Cn2c(CCCC)nc3c(N)nc4ccccc4c32)cc1)C(C)(C)C.CCCCCCCCCCCCCCCCCNCc1ccc(Cn2c(CCCC)nc3c(CC(C)(C)C)nc4ccccc4c32)cc1.CCCCCCCCCCCCCCCCN(Cc1ccc(Cn2c(CCCC)nc3c(N)nc4ccccc4c32)cc1)C(C)(C)C. The summed E-state index contributed by atoms with van der Waals surface area (Å²) < 4.78 is 7.26. The van der Waals surface area contributed by atoms with Crippen molar-refractivity contribution in [3.8, 4) is 0 Å². The first-order chi connectivity index (χ1) is 69.5. The second-order valence-corrected chi connectivity index (χ2v) is 45.9. The van der Waals surface area contributed by atoms with Crippen LogP contribution in [0.1, 0.15) is 481 Å². The highest BCUT2D eigenvalue weighted by Gasteiger charge is 2.27. The standard InChI is InChI=1S/C44H68N4.C43H67N5.C42H65N5/c1-6-8-10-11-12-13-14-15-16-17-18-19-20-21-24-32-45-34-36-28-30-37(31-29-36)35-48-41(27-9-7-2)47-42-40(33-44(3,4)5)46-39-26-23-22-25-38(39)43(42)48;1-6-8-10-11-12-13-14-15-16-17-18-19-20-21-24-32-47(43(3,4)5)33-35-28-30-36(31-29-35)34-48-39(27-9-7-2)46-40-41(48)37-25-22-23-26-38(37)45-42(40)44;1-6-8-10-11-12-13-14-15-16-17-18-19-20-23-31-46(42(3,4)5)32-34-27-29-35(30-28-34)33-47-38(26-9-7-2)45-39-40(47)36-24-21-22-25-37(36)44-41(39)43/h22-23,25-26,28-31,45H,6-21,24,27,32-35H2,1-5H3;22-23,25-26,28-31H,6-21,24,27,32-34H2,1-5H3,(H2,44,45);21-22,24-25,27-30H,6-20,23,26,31-33H2,1-5H3,(H2,43,44). The molecule has 14 heteroatoms. The lowest BCUT2D eigenvalue weighted by Crippen LogP contribution is -2.41. The smallest absolute Gasteiger partial charge is 0.152 e. The van der Waals surface area contributed by atoms with Crippen molar-refractivity contribution in [2.75, 3.05) is 31.1 Å². The van der Waals surface area contributed by atoms with E-state index in [0.717, 1.165) is 195 Å². The molecule has 12 aromatic rings. The highest BCUT2D eigenvalue weighted by Crippen LogP contribution is 2.37. The van der Waals surface area contributed by atoms with Crippen molar-refractivity contribution in [3.05, 3.63) is 202 Å². The topological polar surface area (TPSA) is 163 Å². The number of pyridine rings is 3. The van der Waals surface area contributed by atoms with E-state index in [1.807, 2.05) is 24.3 Å². The number of nitrogen functional groups attached to an aromatic ring is 2. The minimum atomic E-state index is 0.145. The number of benzene rings is 6. The number of nitrogens with one attached hydrogen (secondary N) is 1. The molecule has 12 rings (SSSR count). The van der Waals surface area contributed by atoms with E-state index in [1.165, 1.54) is 333 Å². The van der Waals surface area contributed by atoms with Gasteiger partial charge in [0.2, 0.25) is 0 Å². The van der Waals surface area contributed by atoms with E-state index in [-0.39, 0.29) is 16.5 Å². The number of imidazole rings is 3. The van der Waals surface area contributed by atoms with E-state index < -0.39 is 0 Å². The Balaban J connectivity index is 0.000000220. The van der Waals surface area contributed by atoms with Crippen LogP contribution >= 0.6 is 0 Å². The van der Waals surface area contributed by atoms with Gasteiger partial charge in [-0.15, -0.1) is 0 Å². The van der Waals surface area contributed by atoms with Crippen LogP contribution in [0.25, 0.3) is 65.8 Å². The van der Waals surface area contributed by atoms with Crippen LogP contribution in [-0.2, 0) is 65.0 Å². The first-order valence-electron chi connectivity index (χ1n) is 58.8. The zero-order valence-corrected chi connectivity index (χ0v) is 93.5. The average Bonchev–Trinajstić information content (AvgIpc) is 1.61. The van der Waals surface area contributed by atoms with Gasteiger partial charge in [0.05, 0.1) is 38.8 Å². The third kappa shape index (κ3) is 40.2. The maximum atomic E-state index is 6.44. The normalized spacial score (nSPS) is 12.2. The summed E-state index contributed by atoms with van der Waals surface area (Å²) in [4.78, 5) is 35.1. The number of nitrogens with zero attached hydrogens (tertiary/aromatic N) is 11. The quantitative estimate of drug-likeness (QED) is 0.0311. The van der Waals surface area contributed by atoms with Gasteiger partial charge in [0.25, 0.3) is 0 Å². The van der Waals surface area contributed by atoms with Crippen LogP contribution in [0.3, 0.4) is 0 Å². The first-order valence-corrected chi connectivity index (χ1v) is 58.8. The van der Waals surface area contributed by atoms with Crippen molar-refractivity contribution in [1.82, 2.24) is 58.7 Å². The van der Waals surface area contributed by atoms with Gasteiger partial charge < -0.3 is 30.5 Å². The van der Waals surface area contributed by atoms with E-state index in [0.29, 0.717) is 11.6 Å². The molecule has 0 fully saturated rings. The number of unbranched alkanes of at least 4 members (excludes halogenated alkanes) is 44. The Morgan fingerprint density at radius 1 is 0.266 bits per heavy atom. The van der Waals surface area contributed by atoms with E-state index in [1.54, 1.807) is 0 Å². The first kappa shape index (κ1) is 116. The molecule has 786 valence electrons. The molecule has 0 saturated heterocycles. The van der Waals surface area contributed by atoms with Crippen molar-refractivity contribution >= 4 is 77.4 Å². The molecule has 0 aliphatic carbocycles. The summed E-state index contributed by atoms with van der Waals surface area (Å²) in [6.45, 7) is 43.4. The van der Waals surface area contributed by atoms with E-state index >= 15 is 0 Å². The van der Waals surface area contributed by atoms with Gasteiger partial charge >= 0.3 is 0 Å². The monoisotopic (exact) mass is 1950 g/mol. The molecule has 0 spiro atoms. The third-order valence-electron chi connectivity index (χ3n) is 29.9. The molecule has 5 N–H and O–H groups in total. The van der Waals surface area contributed by atoms with E-state index in [9.17, 15) is 0 Å². The van der Waals surface area contributed by atoms with Gasteiger partial charge in [0.15, 0.2) is 11.6 Å². The molecule has 0 unspecified atom stereocenters. The molecule has 0 atom stereocenters. The number of hydrogen-bond acceptors (Lipinski definition) is 11. The molecule has 0 bridgehead atoms. The molecule has 0 amide bonds. The van der Waals surface area contributed by atoms with Crippen molar-refractivity contribution in [1.29, 1.82) is 0 Å². The van der Waals surface area contributed by atoms with E-state index in [4.69, 9.17) is 31.4 Å². The molecule has 143 heavy (non-hydrogen) atoms. The molecule has 0 saturated carbocycles. The number of aromatic nitrogens is 9. The predicted molar refractivity (Wildman–Crippen MR) is 622 cm³/mol. The van der Waals surface area contributed by atoms with E-state index in [2.05, 4.69) is 264 Å². The van der Waals surface area contributed by atoms with Gasteiger partial charge in [-0.25, -0.2) is 24.9 Å². The maximum Gasteiger partial charge on any atom is 0.152 e. The summed E-state index contributed by atoms with van der Waals surface area (Å²) in [5, 5.41) is 7.14. The van der Waals surface area contributed by atoms with Gasteiger partial charge in [-0.2, -0.15) is 0 Å². The number of anilines is 2. The molecule has 0 aliphatic rings. The third-order valence-corrected chi connectivity index (χ3v) is 29.9. The molecule has 0 aliphatic heterocycles. The van der Waals surface area contributed by atoms with Gasteiger partial charge in [-0.05, 0) is 163 Å². The molecule has 6 aromatic carbocycles. The van der Waals surface area contributed by atoms with Crippen LogP contribution in [0.4, 0.5) is 11.6 Å². The van der Waals surface area contributed by atoms with Crippen LogP contribution in [0.5, 0.6) is 0 Å². The zero-order valence-electron chi connectivity index (χ0n) is 93.5. The molecule has 0 radical (unpaired) electrons. The summed E-state index contributed by atoms with van der Waals surface area (Å²) >= 11 is 0. The number of aryl methyl sites for hydroxylation is 3. The number of nitrogens with two attached hydrogens (primary N) is 2. The lowest BCUT2D eigenvalue weighted by molar-refractivity contribution is 0.124. The molecule has 14 nitrogen and oxygen atoms in total. The van der Waals surface area contributed by atoms with Gasteiger partial charge in [0, 0.05) is 85.8 Å². The van der Waals surface area contributed by atoms with Crippen molar-refractivity contribution in [3.63, 3.8) is 0 Å². The Labute approximate surface area is 870 Å². The lowest BCUT2D eigenvalue weighted by Gasteiger charge is -2.36. The number of para-hydroxylation sites is 3. The summed E-state index contributed by atoms with van der Waals surface area (Å²) in [7, 11) is 0. The molecule has 6 heterocycles.